The number of hydrogen-bond acceptors (Lipinski definition) is 5. The molecule has 0 amide bonds. The molecule has 0 spiro atoms. The van der Waals surface area contributed by atoms with Gasteiger partial charge < -0.3 is 9.15 Å². The number of ether oxygens (including phenoxy) is 1. The predicted molar refractivity (Wildman–Crippen MR) is 135 cm³/mol. The van der Waals surface area contributed by atoms with Gasteiger partial charge in [0.15, 0.2) is 0 Å². The third kappa shape index (κ3) is 9.93. The highest BCUT2D eigenvalue weighted by Gasteiger charge is 2.29. The Morgan fingerprint density at radius 1 is 1.00 bits per heavy atom. The SMILES string of the molecule is CC.CN=NN(C)CCCCc1ccc(OCc2coc(/C=C/c3ccc(C(F)(F)F)cc3)n2)cc1. The van der Waals surface area contributed by atoms with E-state index in [0.29, 0.717) is 17.1 Å². The number of alkyl halides is 3. The summed E-state index contributed by atoms with van der Waals surface area (Å²) in [5.41, 5.74) is 1.78. The van der Waals surface area contributed by atoms with E-state index in [9.17, 15) is 13.2 Å². The van der Waals surface area contributed by atoms with E-state index in [2.05, 4.69) is 15.3 Å². The average Bonchev–Trinajstić information content (AvgIpc) is 3.34. The molecule has 0 radical (unpaired) electrons. The first-order valence-electron chi connectivity index (χ1n) is 11.9. The van der Waals surface area contributed by atoms with E-state index >= 15 is 0 Å². The molecule has 0 saturated heterocycles. The number of nitrogens with zero attached hydrogens (tertiary/aromatic N) is 4. The Hall–Kier alpha value is -3.62. The molecule has 0 aliphatic carbocycles. The molecule has 0 atom stereocenters. The van der Waals surface area contributed by atoms with E-state index in [1.165, 1.54) is 24.0 Å². The largest absolute Gasteiger partial charge is 0.487 e. The van der Waals surface area contributed by atoms with E-state index in [1.807, 2.05) is 50.2 Å². The molecular weight excluding hydrogens is 469 g/mol. The summed E-state index contributed by atoms with van der Waals surface area (Å²) in [4.78, 5) is 4.32. The van der Waals surface area contributed by atoms with Gasteiger partial charge in [0.1, 0.15) is 24.3 Å². The highest BCUT2D eigenvalue weighted by molar-refractivity contribution is 5.66. The number of hydrogen-bond donors (Lipinski definition) is 0. The van der Waals surface area contributed by atoms with Gasteiger partial charge in [-0.05, 0) is 60.7 Å². The third-order valence-corrected chi connectivity index (χ3v) is 4.98. The number of halogens is 3. The monoisotopic (exact) mass is 502 g/mol. The number of oxazole rings is 1. The quantitative estimate of drug-likeness (QED) is 0.153. The summed E-state index contributed by atoms with van der Waals surface area (Å²) in [5.74, 6) is 1.08. The Balaban J connectivity index is 0.00000222. The van der Waals surface area contributed by atoms with Gasteiger partial charge in [0.05, 0.1) is 12.6 Å². The Morgan fingerprint density at radius 3 is 2.33 bits per heavy atom. The van der Waals surface area contributed by atoms with E-state index in [-0.39, 0.29) is 6.61 Å². The fourth-order valence-corrected chi connectivity index (χ4v) is 3.19. The van der Waals surface area contributed by atoms with Crippen molar-refractivity contribution in [1.82, 2.24) is 9.99 Å². The van der Waals surface area contributed by atoms with Gasteiger partial charge in [-0.1, -0.05) is 43.3 Å². The lowest BCUT2D eigenvalue weighted by Crippen LogP contribution is -2.11. The number of aromatic nitrogens is 1. The van der Waals surface area contributed by atoms with Gasteiger partial charge >= 0.3 is 6.18 Å². The lowest BCUT2D eigenvalue weighted by molar-refractivity contribution is -0.137. The smallest absolute Gasteiger partial charge is 0.416 e. The predicted octanol–water partition coefficient (Wildman–Crippen LogP) is 7.72. The normalized spacial score (nSPS) is 11.5. The maximum Gasteiger partial charge on any atom is 0.416 e. The molecule has 3 aromatic rings. The lowest BCUT2D eigenvalue weighted by atomic mass is 10.1. The second-order valence-corrected chi connectivity index (χ2v) is 7.69. The van der Waals surface area contributed by atoms with E-state index < -0.39 is 11.7 Å². The average molecular weight is 503 g/mol. The fourth-order valence-electron chi connectivity index (χ4n) is 3.19. The van der Waals surface area contributed by atoms with Crippen LogP contribution in [-0.2, 0) is 19.2 Å². The summed E-state index contributed by atoms with van der Waals surface area (Å²) in [6, 6.07) is 12.8. The Morgan fingerprint density at radius 2 is 1.69 bits per heavy atom. The van der Waals surface area contributed by atoms with Crippen molar-refractivity contribution in [2.24, 2.45) is 10.3 Å². The minimum Gasteiger partial charge on any atom is -0.487 e. The van der Waals surface area contributed by atoms with Crippen LogP contribution < -0.4 is 4.74 Å². The first-order chi connectivity index (χ1) is 17.3. The summed E-state index contributed by atoms with van der Waals surface area (Å²) in [7, 11) is 3.57. The maximum absolute atomic E-state index is 12.6. The van der Waals surface area contributed by atoms with E-state index in [1.54, 1.807) is 19.2 Å². The van der Waals surface area contributed by atoms with Crippen molar-refractivity contribution in [2.45, 2.75) is 45.9 Å². The van der Waals surface area contributed by atoms with Crippen LogP contribution in [0.15, 0.2) is 69.5 Å². The van der Waals surface area contributed by atoms with Crippen molar-refractivity contribution in [2.75, 3.05) is 20.6 Å². The molecule has 0 N–H and O–H groups in total. The van der Waals surface area contributed by atoms with Crippen LogP contribution in [0.1, 0.15) is 55.0 Å². The minimum absolute atomic E-state index is 0.245. The summed E-state index contributed by atoms with van der Waals surface area (Å²) < 4.78 is 49.1. The summed E-state index contributed by atoms with van der Waals surface area (Å²) in [6.07, 6.45) is 3.47. The van der Waals surface area contributed by atoms with Crippen molar-refractivity contribution in [1.29, 1.82) is 0 Å². The molecule has 0 unspecified atom stereocenters. The van der Waals surface area contributed by atoms with Gasteiger partial charge in [-0.2, -0.15) is 18.3 Å². The first-order valence-corrected chi connectivity index (χ1v) is 11.9. The highest BCUT2D eigenvalue weighted by atomic mass is 19.4. The van der Waals surface area contributed by atoms with Crippen molar-refractivity contribution in [3.8, 4) is 5.75 Å². The van der Waals surface area contributed by atoms with E-state index in [0.717, 1.165) is 43.7 Å². The molecule has 0 bridgehead atoms. The number of rotatable bonds is 11. The highest BCUT2D eigenvalue weighted by Crippen LogP contribution is 2.29. The van der Waals surface area contributed by atoms with Crippen molar-refractivity contribution < 1.29 is 22.3 Å². The van der Waals surface area contributed by atoms with Gasteiger partial charge in [-0.3, -0.25) is 5.01 Å². The fraction of sp³-hybridized carbons (Fsp3) is 0.370. The van der Waals surface area contributed by atoms with Crippen LogP contribution in [0.5, 0.6) is 5.75 Å². The molecule has 3 rings (SSSR count). The van der Waals surface area contributed by atoms with Crippen molar-refractivity contribution in [3.63, 3.8) is 0 Å². The molecule has 9 heteroatoms. The number of benzene rings is 2. The summed E-state index contributed by atoms with van der Waals surface area (Å²) >= 11 is 0. The van der Waals surface area contributed by atoms with Crippen LogP contribution in [0.3, 0.4) is 0 Å². The molecule has 194 valence electrons. The summed E-state index contributed by atoms with van der Waals surface area (Å²) in [5, 5.41) is 9.53. The van der Waals surface area contributed by atoms with Crippen molar-refractivity contribution in [3.05, 3.63) is 83.1 Å². The molecule has 0 saturated carbocycles. The first kappa shape index (κ1) is 28.6. The summed E-state index contributed by atoms with van der Waals surface area (Å²) in [6.45, 7) is 5.12. The van der Waals surface area contributed by atoms with Crippen molar-refractivity contribution >= 4 is 12.2 Å². The minimum atomic E-state index is -4.35. The van der Waals surface area contributed by atoms with Gasteiger partial charge in [-0.25, -0.2) is 4.98 Å². The zero-order chi connectivity index (χ0) is 26.4. The molecule has 0 fully saturated rings. The van der Waals surface area contributed by atoms with Crippen LogP contribution in [0, 0.1) is 0 Å². The van der Waals surface area contributed by atoms with Gasteiger partial charge in [0, 0.05) is 19.7 Å². The number of unbranched alkanes of at least 4 members (excludes halogenated alkanes) is 1. The zero-order valence-electron chi connectivity index (χ0n) is 21.1. The zero-order valence-corrected chi connectivity index (χ0v) is 21.1. The molecule has 0 aliphatic heterocycles. The topological polar surface area (TPSA) is 63.2 Å². The van der Waals surface area contributed by atoms with Gasteiger partial charge in [0.2, 0.25) is 5.89 Å². The van der Waals surface area contributed by atoms with Crippen LogP contribution in [-0.4, -0.2) is 30.6 Å². The standard InChI is InChI=1S/C25H27F3N4O2.C2H6/c1-29-31-32(2)16-4-3-5-19-8-13-23(14-9-19)33-17-22-18-34-24(30-22)15-10-20-6-11-21(12-7-20)25(26,27)28;1-2/h6-15,18H,3-5,16-17H2,1-2H3;1-2H3/b15-10+,31-29?;. The van der Waals surface area contributed by atoms with Crippen LogP contribution >= 0.6 is 0 Å². The number of aryl methyl sites for hydroxylation is 1. The molecule has 2 aromatic carbocycles. The lowest BCUT2D eigenvalue weighted by Gasteiger charge is -2.10. The Bertz CT molecular complexity index is 1080. The second-order valence-electron chi connectivity index (χ2n) is 7.69. The molecule has 6 nitrogen and oxygen atoms in total. The Labute approximate surface area is 210 Å². The molecule has 1 aromatic heterocycles. The van der Waals surface area contributed by atoms with E-state index in [4.69, 9.17) is 9.15 Å². The van der Waals surface area contributed by atoms with Gasteiger partial charge in [0.25, 0.3) is 0 Å². The Kier molecular flexibility index (Phi) is 11.7. The second kappa shape index (κ2) is 14.7. The third-order valence-electron chi connectivity index (χ3n) is 4.98. The maximum atomic E-state index is 12.6. The molecule has 36 heavy (non-hydrogen) atoms. The van der Waals surface area contributed by atoms with Crippen LogP contribution in [0.4, 0.5) is 13.2 Å². The van der Waals surface area contributed by atoms with Crippen LogP contribution in [0.2, 0.25) is 0 Å². The van der Waals surface area contributed by atoms with Gasteiger partial charge in [-0.15, -0.1) is 0 Å². The molecule has 1 heterocycles. The van der Waals surface area contributed by atoms with Crippen LogP contribution in [0.25, 0.3) is 12.2 Å². The molecular formula is C27H33F3N4O2. The molecule has 0 aliphatic rings.